The number of carbonyl (C=O) groups excluding carboxylic acids is 1. The number of nitrogens with zero attached hydrogens (tertiary/aromatic N) is 1. The highest BCUT2D eigenvalue weighted by molar-refractivity contribution is 7.92. The number of halogens is 1. The van der Waals surface area contributed by atoms with E-state index < -0.39 is 10.0 Å². The van der Waals surface area contributed by atoms with Crippen LogP contribution in [0.2, 0.25) is 5.02 Å². The predicted molar refractivity (Wildman–Crippen MR) is 102 cm³/mol. The zero-order chi connectivity index (χ0) is 19.4. The Morgan fingerprint density at radius 2 is 1.81 bits per heavy atom. The molecule has 0 bridgehead atoms. The minimum atomic E-state index is -3.81. The Hall–Kier alpha value is -2.29. The fourth-order valence-electron chi connectivity index (χ4n) is 2.66. The maximum atomic E-state index is 12.7. The Bertz CT molecular complexity index is 925. The molecule has 0 atom stereocenters. The molecule has 0 aliphatic carbocycles. The van der Waals surface area contributed by atoms with Crippen molar-refractivity contribution >= 4 is 33.2 Å². The molecule has 3 rings (SSSR count). The maximum Gasteiger partial charge on any atom is 0.261 e. The van der Waals surface area contributed by atoms with Gasteiger partial charge in [-0.3, -0.25) is 9.52 Å². The van der Waals surface area contributed by atoms with Crippen molar-refractivity contribution in [2.45, 2.75) is 4.90 Å². The average molecular weight is 411 g/mol. The SMILES string of the molecule is COc1ccc(S(=O)(=O)Nc2ccc(Cl)c(C(=O)N3CCOCC3)c2)cc1. The second-order valence-corrected chi connectivity index (χ2v) is 7.97. The molecule has 0 spiro atoms. The molecule has 1 saturated heterocycles. The van der Waals surface area contributed by atoms with Crippen molar-refractivity contribution in [3.63, 3.8) is 0 Å². The molecule has 1 N–H and O–H groups in total. The number of amides is 1. The predicted octanol–water partition coefficient (Wildman–Crippen LogP) is 2.62. The number of morpholine rings is 1. The van der Waals surface area contributed by atoms with E-state index in [0.29, 0.717) is 32.1 Å². The van der Waals surface area contributed by atoms with Crippen LogP contribution in [0.4, 0.5) is 5.69 Å². The molecular weight excluding hydrogens is 392 g/mol. The van der Waals surface area contributed by atoms with Gasteiger partial charge in [0, 0.05) is 18.8 Å². The molecule has 0 radical (unpaired) electrons. The van der Waals surface area contributed by atoms with Gasteiger partial charge in [0.2, 0.25) is 0 Å². The average Bonchev–Trinajstić information content (AvgIpc) is 2.69. The van der Waals surface area contributed by atoms with Crippen LogP contribution in [0.3, 0.4) is 0 Å². The molecule has 1 heterocycles. The summed E-state index contributed by atoms with van der Waals surface area (Å²) < 4.78 is 37.9. The van der Waals surface area contributed by atoms with Crippen molar-refractivity contribution in [3.05, 3.63) is 53.1 Å². The van der Waals surface area contributed by atoms with Crippen LogP contribution in [0.15, 0.2) is 47.4 Å². The van der Waals surface area contributed by atoms with Crippen molar-refractivity contribution in [1.82, 2.24) is 4.90 Å². The maximum absolute atomic E-state index is 12.7. The Balaban J connectivity index is 1.83. The Labute approximate surface area is 162 Å². The van der Waals surface area contributed by atoms with Crippen molar-refractivity contribution in [2.75, 3.05) is 38.1 Å². The first-order valence-corrected chi connectivity index (χ1v) is 10.1. The van der Waals surface area contributed by atoms with Crippen LogP contribution < -0.4 is 9.46 Å². The largest absolute Gasteiger partial charge is 0.497 e. The van der Waals surface area contributed by atoms with Gasteiger partial charge in [0.15, 0.2) is 0 Å². The molecule has 2 aromatic rings. The Morgan fingerprint density at radius 1 is 1.15 bits per heavy atom. The van der Waals surface area contributed by atoms with E-state index in [-0.39, 0.29) is 27.1 Å². The van der Waals surface area contributed by atoms with E-state index in [0.717, 1.165) is 0 Å². The number of hydrogen-bond acceptors (Lipinski definition) is 5. The van der Waals surface area contributed by atoms with E-state index in [1.54, 1.807) is 17.0 Å². The van der Waals surface area contributed by atoms with E-state index in [1.807, 2.05) is 0 Å². The van der Waals surface area contributed by atoms with Gasteiger partial charge in [0.1, 0.15) is 5.75 Å². The van der Waals surface area contributed by atoms with Gasteiger partial charge in [-0.25, -0.2) is 8.42 Å². The number of methoxy groups -OCH3 is 1. The first-order valence-electron chi connectivity index (χ1n) is 8.24. The molecule has 0 unspecified atom stereocenters. The topological polar surface area (TPSA) is 84.9 Å². The Morgan fingerprint density at radius 3 is 2.44 bits per heavy atom. The summed E-state index contributed by atoms with van der Waals surface area (Å²) in [4.78, 5) is 14.4. The molecule has 1 aliphatic rings. The number of hydrogen-bond donors (Lipinski definition) is 1. The van der Waals surface area contributed by atoms with Crippen LogP contribution in [0.25, 0.3) is 0 Å². The van der Waals surface area contributed by atoms with E-state index in [4.69, 9.17) is 21.1 Å². The second-order valence-electron chi connectivity index (χ2n) is 5.88. The van der Waals surface area contributed by atoms with Gasteiger partial charge in [0.05, 0.1) is 35.8 Å². The standard InChI is InChI=1S/C18H19ClN2O5S/c1-25-14-3-5-15(6-4-14)27(23,24)20-13-2-7-17(19)16(12-13)18(22)21-8-10-26-11-9-21/h2-7,12,20H,8-11H2,1H3. The van der Waals surface area contributed by atoms with E-state index >= 15 is 0 Å². The van der Waals surface area contributed by atoms with E-state index in [2.05, 4.69) is 4.72 Å². The van der Waals surface area contributed by atoms with Crippen LogP contribution in [0.1, 0.15) is 10.4 Å². The van der Waals surface area contributed by atoms with Crippen LogP contribution >= 0.6 is 11.6 Å². The van der Waals surface area contributed by atoms with Gasteiger partial charge in [-0.15, -0.1) is 0 Å². The van der Waals surface area contributed by atoms with Gasteiger partial charge in [0.25, 0.3) is 15.9 Å². The summed E-state index contributed by atoms with van der Waals surface area (Å²) in [5, 5.41) is 0.263. The molecule has 9 heteroatoms. The van der Waals surface area contributed by atoms with Gasteiger partial charge >= 0.3 is 0 Å². The van der Waals surface area contributed by atoms with Crippen LogP contribution in [-0.4, -0.2) is 52.6 Å². The number of rotatable bonds is 5. The first kappa shape index (κ1) is 19.5. The number of anilines is 1. The summed E-state index contributed by atoms with van der Waals surface area (Å²) in [5.41, 5.74) is 0.500. The second kappa shape index (κ2) is 8.16. The molecule has 2 aromatic carbocycles. The molecule has 0 aromatic heterocycles. The summed E-state index contributed by atoms with van der Waals surface area (Å²) in [5.74, 6) is 0.299. The van der Waals surface area contributed by atoms with Gasteiger partial charge < -0.3 is 14.4 Å². The molecule has 1 aliphatic heterocycles. The first-order chi connectivity index (χ1) is 12.9. The third-order valence-electron chi connectivity index (χ3n) is 4.12. The minimum absolute atomic E-state index is 0.0827. The molecule has 0 saturated carbocycles. The van der Waals surface area contributed by atoms with Crippen molar-refractivity contribution < 1.29 is 22.7 Å². The van der Waals surface area contributed by atoms with Gasteiger partial charge in [-0.05, 0) is 42.5 Å². The number of ether oxygens (including phenoxy) is 2. The number of benzene rings is 2. The summed E-state index contributed by atoms with van der Waals surface area (Å²) in [6.07, 6.45) is 0. The number of sulfonamides is 1. The highest BCUT2D eigenvalue weighted by Crippen LogP contribution is 2.25. The van der Waals surface area contributed by atoms with E-state index in [9.17, 15) is 13.2 Å². The van der Waals surface area contributed by atoms with Crippen molar-refractivity contribution in [1.29, 1.82) is 0 Å². The minimum Gasteiger partial charge on any atom is -0.497 e. The molecule has 1 fully saturated rings. The highest BCUT2D eigenvalue weighted by Gasteiger charge is 2.22. The smallest absolute Gasteiger partial charge is 0.261 e. The fourth-order valence-corrected chi connectivity index (χ4v) is 3.91. The third-order valence-corrected chi connectivity index (χ3v) is 5.84. The lowest BCUT2D eigenvalue weighted by atomic mass is 10.1. The molecule has 27 heavy (non-hydrogen) atoms. The number of nitrogens with one attached hydrogen (secondary N) is 1. The summed E-state index contributed by atoms with van der Waals surface area (Å²) in [6, 6.07) is 10.5. The molecule has 144 valence electrons. The molecule has 7 nitrogen and oxygen atoms in total. The van der Waals surface area contributed by atoms with Crippen molar-refractivity contribution in [2.24, 2.45) is 0 Å². The summed E-state index contributed by atoms with van der Waals surface area (Å²) in [6.45, 7) is 1.87. The van der Waals surface area contributed by atoms with Crippen molar-refractivity contribution in [3.8, 4) is 5.75 Å². The fraction of sp³-hybridized carbons (Fsp3) is 0.278. The lowest BCUT2D eigenvalue weighted by Gasteiger charge is -2.27. The van der Waals surface area contributed by atoms with Crippen LogP contribution in [-0.2, 0) is 14.8 Å². The number of carbonyl (C=O) groups is 1. The summed E-state index contributed by atoms with van der Waals surface area (Å²) in [7, 11) is -2.31. The monoisotopic (exact) mass is 410 g/mol. The van der Waals surface area contributed by atoms with E-state index in [1.165, 1.54) is 37.4 Å². The molecular formula is C18H19ClN2O5S. The lowest BCUT2D eigenvalue weighted by Crippen LogP contribution is -2.40. The van der Waals surface area contributed by atoms with Gasteiger partial charge in [-0.2, -0.15) is 0 Å². The third kappa shape index (κ3) is 4.52. The van der Waals surface area contributed by atoms with Crippen LogP contribution in [0, 0.1) is 0 Å². The highest BCUT2D eigenvalue weighted by atomic mass is 35.5. The normalized spacial score (nSPS) is 14.7. The lowest BCUT2D eigenvalue weighted by molar-refractivity contribution is 0.0303. The Kier molecular flexibility index (Phi) is 5.88. The summed E-state index contributed by atoms with van der Waals surface area (Å²) >= 11 is 6.16. The van der Waals surface area contributed by atoms with Crippen LogP contribution in [0.5, 0.6) is 5.75 Å². The molecule has 1 amide bonds. The zero-order valence-electron chi connectivity index (χ0n) is 14.6. The van der Waals surface area contributed by atoms with Gasteiger partial charge in [-0.1, -0.05) is 11.6 Å². The zero-order valence-corrected chi connectivity index (χ0v) is 16.2. The quantitative estimate of drug-likeness (QED) is 0.819.